The maximum absolute atomic E-state index is 13.6. The summed E-state index contributed by atoms with van der Waals surface area (Å²) in [6.45, 7) is 1.57. The molecule has 102 valence electrons. The van der Waals surface area contributed by atoms with E-state index in [1.165, 1.54) is 12.1 Å². The molecule has 1 aromatic rings. The largest absolute Gasteiger partial charge is 0.388 e. The van der Waals surface area contributed by atoms with Crippen LogP contribution in [-0.2, 0) is 9.84 Å². The third-order valence-corrected chi connectivity index (χ3v) is 4.80. The quantitative estimate of drug-likeness (QED) is 0.878. The zero-order valence-electron chi connectivity index (χ0n) is 10.1. The van der Waals surface area contributed by atoms with Gasteiger partial charge in [0, 0.05) is 11.3 Å². The molecule has 1 unspecified atom stereocenters. The van der Waals surface area contributed by atoms with E-state index < -0.39 is 21.8 Å². The number of hydrogen-bond donors (Lipinski definition) is 1. The molecule has 0 aliphatic carbocycles. The van der Waals surface area contributed by atoms with E-state index in [2.05, 4.69) is 0 Å². The third-order valence-electron chi connectivity index (χ3n) is 2.71. The van der Waals surface area contributed by atoms with Crippen LogP contribution in [0.15, 0.2) is 18.2 Å². The zero-order chi connectivity index (χ0) is 13.8. The van der Waals surface area contributed by atoms with Gasteiger partial charge in [-0.3, -0.25) is 0 Å². The van der Waals surface area contributed by atoms with E-state index in [0.717, 1.165) is 0 Å². The van der Waals surface area contributed by atoms with Crippen molar-refractivity contribution in [2.75, 3.05) is 11.5 Å². The van der Waals surface area contributed by atoms with Gasteiger partial charge in [0.2, 0.25) is 0 Å². The Morgan fingerprint density at radius 3 is 2.72 bits per heavy atom. The van der Waals surface area contributed by atoms with Crippen molar-refractivity contribution in [1.29, 1.82) is 0 Å². The lowest BCUT2D eigenvalue weighted by molar-refractivity contribution is 0.162. The lowest BCUT2D eigenvalue weighted by Gasteiger charge is -2.12. The standard InChI is InChI=1S/C12H16ClFO3S/c1-2-18(16,17)8-4-7-11(15)9-5-3-6-10(13)12(9)14/h3,5-6,11,15H,2,4,7-8H2,1H3. The van der Waals surface area contributed by atoms with Gasteiger partial charge in [0.15, 0.2) is 0 Å². The number of benzene rings is 1. The molecular weight excluding hydrogens is 279 g/mol. The summed E-state index contributed by atoms with van der Waals surface area (Å²) in [5, 5.41) is 9.75. The highest BCUT2D eigenvalue weighted by Gasteiger charge is 2.16. The van der Waals surface area contributed by atoms with Gasteiger partial charge in [0.05, 0.1) is 16.9 Å². The molecular formula is C12H16ClFO3S. The van der Waals surface area contributed by atoms with Crippen molar-refractivity contribution < 1.29 is 17.9 Å². The van der Waals surface area contributed by atoms with E-state index in [1.54, 1.807) is 13.0 Å². The van der Waals surface area contributed by atoms with Crippen molar-refractivity contribution in [2.24, 2.45) is 0 Å². The van der Waals surface area contributed by atoms with Gasteiger partial charge in [-0.25, -0.2) is 12.8 Å². The van der Waals surface area contributed by atoms with Gasteiger partial charge in [-0.2, -0.15) is 0 Å². The first-order valence-electron chi connectivity index (χ1n) is 5.69. The summed E-state index contributed by atoms with van der Waals surface area (Å²) in [5.41, 5.74) is 0.108. The minimum atomic E-state index is -3.05. The molecule has 1 rings (SSSR count). The number of hydrogen-bond acceptors (Lipinski definition) is 3. The Balaban J connectivity index is 2.61. The predicted molar refractivity (Wildman–Crippen MR) is 69.9 cm³/mol. The Hall–Kier alpha value is -0.650. The highest BCUT2D eigenvalue weighted by Crippen LogP contribution is 2.26. The molecule has 1 aromatic carbocycles. The Morgan fingerprint density at radius 2 is 2.11 bits per heavy atom. The Bertz CT molecular complexity index is 502. The van der Waals surface area contributed by atoms with E-state index in [9.17, 15) is 17.9 Å². The maximum Gasteiger partial charge on any atom is 0.150 e. The van der Waals surface area contributed by atoms with Crippen molar-refractivity contribution >= 4 is 21.4 Å². The van der Waals surface area contributed by atoms with Crippen LogP contribution in [0.3, 0.4) is 0 Å². The first-order valence-corrected chi connectivity index (χ1v) is 7.89. The fourth-order valence-electron chi connectivity index (χ4n) is 1.57. The average Bonchev–Trinajstić information content (AvgIpc) is 2.32. The summed E-state index contributed by atoms with van der Waals surface area (Å²) >= 11 is 5.60. The van der Waals surface area contributed by atoms with Gasteiger partial charge < -0.3 is 5.11 Å². The Labute approximate surface area is 112 Å². The zero-order valence-corrected chi connectivity index (χ0v) is 11.6. The monoisotopic (exact) mass is 294 g/mol. The van der Waals surface area contributed by atoms with Gasteiger partial charge in [-0.05, 0) is 18.9 Å². The third kappa shape index (κ3) is 4.23. The second kappa shape index (κ2) is 6.50. The van der Waals surface area contributed by atoms with Crippen LogP contribution in [-0.4, -0.2) is 25.0 Å². The highest BCUT2D eigenvalue weighted by molar-refractivity contribution is 7.91. The molecule has 0 aromatic heterocycles. The van der Waals surface area contributed by atoms with Crippen LogP contribution in [0.1, 0.15) is 31.4 Å². The summed E-state index contributed by atoms with van der Waals surface area (Å²) in [6.07, 6.45) is -0.546. The summed E-state index contributed by atoms with van der Waals surface area (Å²) in [4.78, 5) is 0. The number of rotatable bonds is 6. The Morgan fingerprint density at radius 1 is 1.44 bits per heavy atom. The van der Waals surface area contributed by atoms with Crippen LogP contribution >= 0.6 is 11.6 Å². The average molecular weight is 295 g/mol. The minimum Gasteiger partial charge on any atom is -0.388 e. The van der Waals surface area contributed by atoms with Crippen molar-refractivity contribution in [1.82, 2.24) is 0 Å². The fraction of sp³-hybridized carbons (Fsp3) is 0.500. The van der Waals surface area contributed by atoms with Crippen LogP contribution in [0, 0.1) is 5.82 Å². The van der Waals surface area contributed by atoms with Crippen LogP contribution in [0.25, 0.3) is 0 Å². The highest BCUT2D eigenvalue weighted by atomic mass is 35.5. The predicted octanol–water partition coefficient (Wildman–Crippen LogP) is 2.73. The summed E-state index contributed by atoms with van der Waals surface area (Å²) in [6, 6.07) is 4.39. The minimum absolute atomic E-state index is 0.00272. The van der Waals surface area contributed by atoms with Crippen molar-refractivity contribution in [3.05, 3.63) is 34.6 Å². The molecule has 18 heavy (non-hydrogen) atoms. The summed E-state index contributed by atoms with van der Waals surface area (Å²) in [5.74, 6) is -0.567. The fourth-order valence-corrected chi connectivity index (χ4v) is 2.65. The molecule has 0 radical (unpaired) electrons. The van der Waals surface area contributed by atoms with Crippen LogP contribution < -0.4 is 0 Å². The molecule has 0 bridgehead atoms. The maximum atomic E-state index is 13.6. The number of sulfone groups is 1. The molecule has 0 amide bonds. The van der Waals surface area contributed by atoms with Gasteiger partial charge in [0.25, 0.3) is 0 Å². The van der Waals surface area contributed by atoms with E-state index in [-0.39, 0.29) is 28.5 Å². The van der Waals surface area contributed by atoms with Gasteiger partial charge in [0.1, 0.15) is 15.7 Å². The normalized spacial score (nSPS) is 13.6. The summed E-state index contributed by atoms with van der Waals surface area (Å²) in [7, 11) is -3.05. The van der Waals surface area contributed by atoms with Crippen molar-refractivity contribution in [3.63, 3.8) is 0 Å². The van der Waals surface area contributed by atoms with Crippen LogP contribution in [0.2, 0.25) is 5.02 Å². The first kappa shape index (κ1) is 15.4. The molecule has 3 nitrogen and oxygen atoms in total. The van der Waals surface area contributed by atoms with Crippen molar-refractivity contribution in [2.45, 2.75) is 25.9 Å². The lowest BCUT2D eigenvalue weighted by atomic mass is 10.0. The number of halogens is 2. The Kier molecular flexibility index (Phi) is 5.56. The molecule has 6 heteroatoms. The van der Waals surface area contributed by atoms with Gasteiger partial charge in [-0.1, -0.05) is 30.7 Å². The second-order valence-electron chi connectivity index (χ2n) is 4.04. The van der Waals surface area contributed by atoms with E-state index in [1.807, 2.05) is 0 Å². The van der Waals surface area contributed by atoms with Crippen LogP contribution in [0.4, 0.5) is 4.39 Å². The summed E-state index contributed by atoms with van der Waals surface area (Å²) < 4.78 is 36.1. The van der Waals surface area contributed by atoms with E-state index >= 15 is 0 Å². The molecule has 0 saturated heterocycles. The van der Waals surface area contributed by atoms with Gasteiger partial charge >= 0.3 is 0 Å². The first-order chi connectivity index (χ1) is 8.37. The SMILES string of the molecule is CCS(=O)(=O)CCCC(O)c1cccc(Cl)c1F. The van der Waals surface area contributed by atoms with Crippen LogP contribution in [0.5, 0.6) is 0 Å². The molecule has 0 spiro atoms. The van der Waals surface area contributed by atoms with E-state index in [4.69, 9.17) is 11.6 Å². The van der Waals surface area contributed by atoms with Gasteiger partial charge in [-0.15, -0.1) is 0 Å². The smallest absolute Gasteiger partial charge is 0.150 e. The molecule has 1 N–H and O–H groups in total. The second-order valence-corrected chi connectivity index (χ2v) is 6.92. The number of aliphatic hydroxyl groups excluding tert-OH is 1. The molecule has 0 aliphatic heterocycles. The topological polar surface area (TPSA) is 54.4 Å². The lowest BCUT2D eigenvalue weighted by Crippen LogP contribution is -2.10. The molecule has 0 heterocycles. The molecule has 0 fully saturated rings. The van der Waals surface area contributed by atoms with E-state index in [0.29, 0.717) is 6.42 Å². The molecule has 0 saturated carbocycles. The van der Waals surface area contributed by atoms with Crippen molar-refractivity contribution in [3.8, 4) is 0 Å². The number of aliphatic hydroxyl groups is 1. The molecule has 0 aliphatic rings. The molecule has 1 atom stereocenters.